The van der Waals surface area contributed by atoms with E-state index in [1.165, 1.54) is 18.0 Å². The van der Waals surface area contributed by atoms with Crippen LogP contribution >= 0.6 is 23.2 Å². The van der Waals surface area contributed by atoms with Crippen LogP contribution in [0.1, 0.15) is 16.7 Å². The molecule has 0 spiro atoms. The van der Waals surface area contributed by atoms with Crippen LogP contribution < -0.4 is 10.6 Å². The molecule has 0 radical (unpaired) electrons. The number of nitrogens with one attached hydrogen (secondary N) is 2. The van der Waals surface area contributed by atoms with E-state index >= 15 is 0 Å². The third-order valence-corrected chi connectivity index (χ3v) is 4.71. The quantitative estimate of drug-likeness (QED) is 0.625. The molecule has 0 heterocycles. The fourth-order valence-electron chi connectivity index (χ4n) is 2.82. The van der Waals surface area contributed by atoms with Gasteiger partial charge in [0.15, 0.2) is 0 Å². The smallest absolute Gasteiger partial charge is 0.325 e. The third-order valence-electron chi connectivity index (χ3n) is 4.08. The molecular weight excluding hydrogens is 442 g/mol. The summed E-state index contributed by atoms with van der Waals surface area (Å²) in [6.07, 6.45) is -4.64. The summed E-state index contributed by atoms with van der Waals surface area (Å²) in [7, 11) is 1.53. The number of carbonyl (C=O) groups excluding carboxylic acids is 2. The molecule has 0 aromatic heterocycles. The first-order valence-corrected chi connectivity index (χ1v) is 9.54. The summed E-state index contributed by atoms with van der Waals surface area (Å²) in [6.45, 7) is 3.37. The largest absolute Gasteiger partial charge is 0.417 e. The van der Waals surface area contributed by atoms with Crippen LogP contribution in [0.3, 0.4) is 0 Å². The molecule has 0 aliphatic heterocycles. The molecule has 0 atom stereocenters. The van der Waals surface area contributed by atoms with Gasteiger partial charge in [0, 0.05) is 5.69 Å². The van der Waals surface area contributed by atoms with Gasteiger partial charge in [-0.3, -0.25) is 14.5 Å². The van der Waals surface area contributed by atoms with E-state index in [-0.39, 0.29) is 24.7 Å². The van der Waals surface area contributed by atoms with E-state index in [0.29, 0.717) is 10.7 Å². The lowest BCUT2D eigenvalue weighted by molar-refractivity contribution is -0.137. The SMILES string of the molecule is Cc1cc(C)c(NC(=O)CN(C)CC(=O)Nc2ccc(Cl)c(C(F)(F)F)c2)c(Cl)c1. The number of benzene rings is 2. The molecule has 0 aliphatic carbocycles. The van der Waals surface area contributed by atoms with Crippen LogP contribution in [0.25, 0.3) is 0 Å². The van der Waals surface area contributed by atoms with Crippen molar-refractivity contribution in [1.29, 1.82) is 0 Å². The Morgan fingerprint density at radius 3 is 2.13 bits per heavy atom. The summed E-state index contributed by atoms with van der Waals surface area (Å²) in [5.74, 6) is -0.963. The topological polar surface area (TPSA) is 61.4 Å². The number of alkyl halides is 3. The fraction of sp³-hybridized carbons (Fsp3) is 0.300. The van der Waals surface area contributed by atoms with Crippen LogP contribution in [0.5, 0.6) is 0 Å². The van der Waals surface area contributed by atoms with E-state index in [2.05, 4.69) is 10.6 Å². The highest BCUT2D eigenvalue weighted by atomic mass is 35.5. The minimum Gasteiger partial charge on any atom is -0.325 e. The van der Waals surface area contributed by atoms with Gasteiger partial charge in [-0.15, -0.1) is 0 Å². The molecule has 2 amide bonds. The number of likely N-dealkylation sites (N-methyl/N-ethyl adjacent to an activating group) is 1. The summed E-state index contributed by atoms with van der Waals surface area (Å²) >= 11 is 11.7. The molecule has 0 saturated carbocycles. The Hall–Kier alpha value is -2.29. The van der Waals surface area contributed by atoms with E-state index in [9.17, 15) is 22.8 Å². The fourth-order valence-corrected chi connectivity index (χ4v) is 3.41. The van der Waals surface area contributed by atoms with Gasteiger partial charge in [-0.25, -0.2) is 0 Å². The second kappa shape index (κ2) is 9.68. The van der Waals surface area contributed by atoms with Crippen molar-refractivity contribution in [3.63, 3.8) is 0 Å². The molecule has 0 saturated heterocycles. The van der Waals surface area contributed by atoms with Gasteiger partial charge in [-0.2, -0.15) is 13.2 Å². The molecule has 30 heavy (non-hydrogen) atoms. The predicted molar refractivity (Wildman–Crippen MR) is 112 cm³/mol. The number of carbonyl (C=O) groups is 2. The molecular formula is C20H20Cl2F3N3O2. The van der Waals surface area contributed by atoms with E-state index < -0.39 is 22.7 Å². The predicted octanol–water partition coefficient (Wildman–Crippen LogP) is 5.14. The van der Waals surface area contributed by atoms with Crippen LogP contribution in [0, 0.1) is 13.8 Å². The Morgan fingerprint density at radius 2 is 1.57 bits per heavy atom. The summed E-state index contributed by atoms with van der Waals surface area (Å²) in [5.41, 5.74) is 1.17. The standard InChI is InChI=1S/C20H20Cl2F3N3O2/c1-11-6-12(2)19(16(22)7-11)27-18(30)10-28(3)9-17(29)26-13-4-5-15(21)14(8-13)20(23,24)25/h4-8H,9-10H2,1-3H3,(H,26,29)(H,27,30). The lowest BCUT2D eigenvalue weighted by Gasteiger charge is -2.18. The summed E-state index contributed by atoms with van der Waals surface area (Å²) in [6, 6.07) is 6.69. The lowest BCUT2D eigenvalue weighted by atomic mass is 10.1. The second-order valence-electron chi connectivity index (χ2n) is 6.90. The number of nitrogens with zero attached hydrogens (tertiary/aromatic N) is 1. The van der Waals surface area contributed by atoms with Crippen molar-refractivity contribution in [2.75, 3.05) is 30.8 Å². The number of halogens is 5. The first-order chi connectivity index (χ1) is 13.9. The highest BCUT2D eigenvalue weighted by Crippen LogP contribution is 2.36. The number of anilines is 2. The normalized spacial score (nSPS) is 11.5. The van der Waals surface area contributed by atoms with Crippen LogP contribution in [-0.2, 0) is 15.8 Å². The van der Waals surface area contributed by atoms with Crippen molar-refractivity contribution < 1.29 is 22.8 Å². The maximum atomic E-state index is 12.9. The van der Waals surface area contributed by atoms with Gasteiger partial charge in [-0.05, 0) is 56.3 Å². The van der Waals surface area contributed by atoms with E-state index in [1.807, 2.05) is 19.9 Å². The number of rotatable bonds is 6. The Morgan fingerprint density at radius 1 is 0.967 bits per heavy atom. The maximum absolute atomic E-state index is 12.9. The highest BCUT2D eigenvalue weighted by Gasteiger charge is 2.33. The summed E-state index contributed by atoms with van der Waals surface area (Å²) in [5, 5.41) is 5.02. The molecule has 2 aromatic carbocycles. The van der Waals surface area contributed by atoms with Gasteiger partial charge in [0.25, 0.3) is 0 Å². The number of hydrogen-bond acceptors (Lipinski definition) is 3. The number of amides is 2. The van der Waals surface area contributed by atoms with Gasteiger partial charge in [0.2, 0.25) is 11.8 Å². The number of hydrogen-bond donors (Lipinski definition) is 2. The van der Waals surface area contributed by atoms with Crippen LogP contribution in [-0.4, -0.2) is 36.9 Å². The van der Waals surface area contributed by atoms with Crippen LogP contribution in [0.4, 0.5) is 24.5 Å². The zero-order valence-electron chi connectivity index (χ0n) is 16.5. The van der Waals surface area contributed by atoms with Crippen LogP contribution in [0.2, 0.25) is 10.0 Å². The van der Waals surface area contributed by atoms with E-state index in [4.69, 9.17) is 23.2 Å². The van der Waals surface area contributed by atoms with Gasteiger partial charge >= 0.3 is 6.18 Å². The van der Waals surface area contributed by atoms with Crippen molar-refractivity contribution in [2.45, 2.75) is 20.0 Å². The van der Waals surface area contributed by atoms with Crippen molar-refractivity contribution >= 4 is 46.4 Å². The number of aryl methyl sites for hydroxylation is 2. The molecule has 2 N–H and O–H groups in total. The second-order valence-corrected chi connectivity index (χ2v) is 7.71. The zero-order valence-corrected chi connectivity index (χ0v) is 18.0. The van der Waals surface area contributed by atoms with Crippen molar-refractivity contribution in [3.8, 4) is 0 Å². The Kier molecular flexibility index (Phi) is 7.74. The third kappa shape index (κ3) is 6.62. The Balaban J connectivity index is 1.94. The Bertz CT molecular complexity index is 942. The average Bonchev–Trinajstić information content (AvgIpc) is 2.58. The molecule has 0 fully saturated rings. The van der Waals surface area contributed by atoms with Crippen molar-refractivity contribution in [1.82, 2.24) is 4.90 Å². The molecule has 162 valence electrons. The monoisotopic (exact) mass is 461 g/mol. The minimum absolute atomic E-state index is 0.0448. The highest BCUT2D eigenvalue weighted by molar-refractivity contribution is 6.34. The minimum atomic E-state index is -4.64. The van der Waals surface area contributed by atoms with Gasteiger partial charge in [0.1, 0.15) is 0 Å². The van der Waals surface area contributed by atoms with Crippen molar-refractivity contribution in [3.05, 3.63) is 57.1 Å². The first kappa shape index (κ1) is 24.0. The maximum Gasteiger partial charge on any atom is 0.417 e. The molecule has 0 aliphatic rings. The first-order valence-electron chi connectivity index (χ1n) is 8.78. The average molecular weight is 462 g/mol. The Labute approximate surface area is 182 Å². The van der Waals surface area contributed by atoms with Gasteiger partial charge < -0.3 is 10.6 Å². The molecule has 2 rings (SSSR count). The zero-order chi connectivity index (χ0) is 22.6. The van der Waals surface area contributed by atoms with Gasteiger partial charge in [-0.1, -0.05) is 29.3 Å². The molecule has 2 aromatic rings. The molecule has 0 bridgehead atoms. The van der Waals surface area contributed by atoms with Gasteiger partial charge in [0.05, 0.1) is 34.4 Å². The lowest BCUT2D eigenvalue weighted by Crippen LogP contribution is -2.36. The van der Waals surface area contributed by atoms with Crippen LogP contribution in [0.15, 0.2) is 30.3 Å². The summed E-state index contributed by atoms with van der Waals surface area (Å²) in [4.78, 5) is 25.8. The molecule has 5 nitrogen and oxygen atoms in total. The molecule has 10 heteroatoms. The summed E-state index contributed by atoms with van der Waals surface area (Å²) < 4.78 is 38.8. The van der Waals surface area contributed by atoms with Crippen molar-refractivity contribution in [2.24, 2.45) is 0 Å². The molecule has 0 unspecified atom stereocenters. The van der Waals surface area contributed by atoms with E-state index in [1.54, 1.807) is 6.07 Å². The van der Waals surface area contributed by atoms with E-state index in [0.717, 1.165) is 23.3 Å².